The van der Waals surface area contributed by atoms with E-state index in [2.05, 4.69) is 5.16 Å². The van der Waals surface area contributed by atoms with Gasteiger partial charge in [-0.05, 0) is 12.8 Å². The molecule has 0 bridgehead atoms. The van der Waals surface area contributed by atoms with Gasteiger partial charge in [-0.25, -0.2) is 0 Å². The van der Waals surface area contributed by atoms with Gasteiger partial charge in [0.25, 0.3) is 0 Å². The van der Waals surface area contributed by atoms with E-state index in [0.717, 1.165) is 19.4 Å². The molecule has 0 spiro atoms. The minimum Gasteiger partial charge on any atom is -0.409 e. The third-order valence-corrected chi connectivity index (χ3v) is 1.69. The topological polar surface area (TPSA) is 67.8 Å². The number of oxime groups is 1. The Morgan fingerprint density at radius 2 is 2.50 bits per heavy atom. The third kappa shape index (κ3) is 1.60. The molecule has 1 fully saturated rings. The highest BCUT2D eigenvalue weighted by atomic mass is 16.5. The monoisotopic (exact) mass is 144 g/mol. The molecule has 0 aromatic rings. The summed E-state index contributed by atoms with van der Waals surface area (Å²) in [5.41, 5.74) is 5.37. The molecule has 1 aliphatic heterocycles. The molecule has 0 aromatic heterocycles. The summed E-state index contributed by atoms with van der Waals surface area (Å²) < 4.78 is 5.13. The van der Waals surface area contributed by atoms with E-state index in [1.54, 1.807) is 0 Å². The van der Waals surface area contributed by atoms with Crippen molar-refractivity contribution in [2.24, 2.45) is 16.8 Å². The molecule has 3 N–H and O–H groups in total. The summed E-state index contributed by atoms with van der Waals surface area (Å²) in [5.74, 6) is 0.415. The quantitative estimate of drug-likeness (QED) is 0.238. The van der Waals surface area contributed by atoms with Crippen molar-refractivity contribution < 1.29 is 9.94 Å². The molecule has 0 saturated carbocycles. The van der Waals surface area contributed by atoms with Gasteiger partial charge in [-0.1, -0.05) is 5.16 Å². The molecule has 1 atom stereocenters. The lowest BCUT2D eigenvalue weighted by Gasteiger charge is -2.20. The lowest BCUT2D eigenvalue weighted by atomic mass is 10.0. The maximum Gasteiger partial charge on any atom is 0.144 e. The maximum absolute atomic E-state index is 8.29. The van der Waals surface area contributed by atoms with Gasteiger partial charge in [0.15, 0.2) is 0 Å². The second kappa shape index (κ2) is 3.41. The van der Waals surface area contributed by atoms with E-state index in [9.17, 15) is 0 Å². The molecule has 1 aliphatic rings. The second-order valence-corrected chi connectivity index (χ2v) is 2.44. The molecule has 0 aromatic carbocycles. The maximum atomic E-state index is 8.29. The van der Waals surface area contributed by atoms with Gasteiger partial charge < -0.3 is 15.7 Å². The van der Waals surface area contributed by atoms with E-state index in [1.165, 1.54) is 0 Å². The average Bonchev–Trinajstić information content (AvgIpc) is 2.05. The Morgan fingerprint density at radius 1 is 1.70 bits per heavy atom. The minimum atomic E-state index is 0.124. The number of hydrogen-bond acceptors (Lipinski definition) is 3. The highest BCUT2D eigenvalue weighted by molar-refractivity contribution is 5.82. The average molecular weight is 144 g/mol. The number of ether oxygens (including phenoxy) is 1. The summed E-state index contributed by atoms with van der Waals surface area (Å²) >= 11 is 0. The van der Waals surface area contributed by atoms with Crippen LogP contribution in [0.3, 0.4) is 0 Å². The van der Waals surface area contributed by atoms with E-state index < -0.39 is 0 Å². The number of amidine groups is 1. The first kappa shape index (κ1) is 7.34. The summed E-state index contributed by atoms with van der Waals surface area (Å²) in [4.78, 5) is 0. The summed E-state index contributed by atoms with van der Waals surface area (Å²) in [7, 11) is 0. The SMILES string of the molecule is N/C(=N/O)C1CCCOC1. The summed E-state index contributed by atoms with van der Waals surface area (Å²) in [6.45, 7) is 1.39. The molecule has 1 heterocycles. The Balaban J connectivity index is 2.39. The zero-order valence-electron chi connectivity index (χ0n) is 5.79. The Morgan fingerprint density at radius 3 is 3.00 bits per heavy atom. The summed E-state index contributed by atoms with van der Waals surface area (Å²) in [6, 6.07) is 0. The predicted molar refractivity (Wildman–Crippen MR) is 37.0 cm³/mol. The third-order valence-electron chi connectivity index (χ3n) is 1.69. The van der Waals surface area contributed by atoms with Crippen molar-refractivity contribution in [2.45, 2.75) is 12.8 Å². The van der Waals surface area contributed by atoms with Crippen LogP contribution in [0.5, 0.6) is 0 Å². The zero-order chi connectivity index (χ0) is 7.40. The van der Waals surface area contributed by atoms with Gasteiger partial charge in [-0.3, -0.25) is 0 Å². The summed E-state index contributed by atoms with van der Waals surface area (Å²) in [6.07, 6.45) is 1.97. The van der Waals surface area contributed by atoms with Crippen molar-refractivity contribution in [1.29, 1.82) is 0 Å². The minimum absolute atomic E-state index is 0.124. The highest BCUT2D eigenvalue weighted by Gasteiger charge is 2.17. The van der Waals surface area contributed by atoms with Gasteiger partial charge in [0.1, 0.15) is 5.84 Å². The van der Waals surface area contributed by atoms with Gasteiger partial charge in [0.05, 0.1) is 6.61 Å². The van der Waals surface area contributed by atoms with Crippen molar-refractivity contribution in [2.75, 3.05) is 13.2 Å². The number of nitrogens with two attached hydrogens (primary N) is 1. The normalized spacial score (nSPS) is 28.4. The molecule has 1 rings (SSSR count). The molecule has 0 radical (unpaired) electrons. The fourth-order valence-electron chi connectivity index (χ4n) is 1.06. The van der Waals surface area contributed by atoms with Crippen LogP contribution in [-0.2, 0) is 4.74 Å². The van der Waals surface area contributed by atoms with Gasteiger partial charge >= 0.3 is 0 Å². The Bertz CT molecular complexity index is 130. The molecule has 4 nitrogen and oxygen atoms in total. The molecule has 1 saturated heterocycles. The number of nitrogens with zero attached hydrogens (tertiary/aromatic N) is 1. The van der Waals surface area contributed by atoms with Crippen LogP contribution >= 0.6 is 0 Å². The van der Waals surface area contributed by atoms with Gasteiger partial charge in [-0.2, -0.15) is 0 Å². The van der Waals surface area contributed by atoms with Crippen molar-refractivity contribution in [1.82, 2.24) is 0 Å². The fraction of sp³-hybridized carbons (Fsp3) is 0.833. The molecule has 1 unspecified atom stereocenters. The first-order valence-corrected chi connectivity index (χ1v) is 3.39. The van der Waals surface area contributed by atoms with Gasteiger partial charge in [0.2, 0.25) is 0 Å². The Kier molecular flexibility index (Phi) is 2.50. The Labute approximate surface area is 59.7 Å². The molecule has 0 amide bonds. The Hall–Kier alpha value is -0.770. The molecule has 58 valence electrons. The number of rotatable bonds is 1. The zero-order valence-corrected chi connectivity index (χ0v) is 5.79. The van der Waals surface area contributed by atoms with Crippen LogP contribution in [0.25, 0.3) is 0 Å². The van der Waals surface area contributed by atoms with E-state index >= 15 is 0 Å². The fourth-order valence-corrected chi connectivity index (χ4v) is 1.06. The van der Waals surface area contributed by atoms with Crippen LogP contribution < -0.4 is 5.73 Å². The van der Waals surface area contributed by atoms with E-state index in [1.807, 2.05) is 0 Å². The van der Waals surface area contributed by atoms with Crippen LogP contribution in [0.4, 0.5) is 0 Å². The first-order chi connectivity index (χ1) is 4.84. The van der Waals surface area contributed by atoms with Crippen LogP contribution in [0.1, 0.15) is 12.8 Å². The van der Waals surface area contributed by atoms with Crippen molar-refractivity contribution in [3.05, 3.63) is 0 Å². The molecular formula is C6H12N2O2. The largest absolute Gasteiger partial charge is 0.409 e. The van der Waals surface area contributed by atoms with Crippen molar-refractivity contribution in [3.63, 3.8) is 0 Å². The lowest BCUT2D eigenvalue weighted by Crippen LogP contribution is -2.30. The lowest BCUT2D eigenvalue weighted by molar-refractivity contribution is 0.0754. The van der Waals surface area contributed by atoms with Crippen LogP contribution in [-0.4, -0.2) is 24.3 Å². The van der Waals surface area contributed by atoms with E-state index in [0.29, 0.717) is 12.4 Å². The standard InChI is InChI=1S/C6H12N2O2/c7-6(8-9)5-2-1-3-10-4-5/h5,9H,1-4H2,(H2,7,8). The van der Waals surface area contributed by atoms with E-state index in [-0.39, 0.29) is 5.92 Å². The molecule has 10 heavy (non-hydrogen) atoms. The summed E-state index contributed by atoms with van der Waals surface area (Å²) in [5, 5.41) is 11.2. The number of hydrogen-bond donors (Lipinski definition) is 2. The predicted octanol–water partition coefficient (Wildman–Crippen LogP) is 0.159. The van der Waals surface area contributed by atoms with Gasteiger partial charge in [0, 0.05) is 12.5 Å². The second-order valence-electron chi connectivity index (χ2n) is 2.44. The van der Waals surface area contributed by atoms with E-state index in [4.69, 9.17) is 15.7 Å². The highest BCUT2D eigenvalue weighted by Crippen LogP contribution is 2.12. The van der Waals surface area contributed by atoms with Crippen molar-refractivity contribution >= 4 is 5.84 Å². The van der Waals surface area contributed by atoms with Crippen LogP contribution in [0.15, 0.2) is 5.16 Å². The molecule has 0 aliphatic carbocycles. The van der Waals surface area contributed by atoms with Gasteiger partial charge in [-0.15, -0.1) is 0 Å². The smallest absolute Gasteiger partial charge is 0.144 e. The van der Waals surface area contributed by atoms with Crippen molar-refractivity contribution in [3.8, 4) is 0 Å². The van der Waals surface area contributed by atoms with Crippen LogP contribution in [0.2, 0.25) is 0 Å². The molecular weight excluding hydrogens is 132 g/mol. The van der Waals surface area contributed by atoms with Crippen LogP contribution in [0, 0.1) is 5.92 Å². The molecule has 4 heteroatoms. The first-order valence-electron chi connectivity index (χ1n) is 3.39.